The molecule has 0 unspecified atom stereocenters. The van der Waals surface area contributed by atoms with Gasteiger partial charge in [-0.2, -0.15) is 0 Å². The molecule has 0 saturated heterocycles. The highest BCUT2D eigenvalue weighted by molar-refractivity contribution is 5.17. The molecule has 0 fully saturated rings. The minimum Gasteiger partial charge on any atom is -0.0683 e. The third-order valence-corrected chi connectivity index (χ3v) is 2.13. The second-order valence-corrected chi connectivity index (χ2v) is 3.72. The maximum atomic E-state index is 2.20. The van der Waals surface area contributed by atoms with Gasteiger partial charge in [-0.1, -0.05) is 136 Å². The molecule has 2 aromatic carbocycles. The smallest absolute Gasteiger partial charge is 0.0219 e. The maximum absolute atomic E-state index is 2.20. The van der Waals surface area contributed by atoms with Crippen LogP contribution in [0.2, 0.25) is 0 Å². The van der Waals surface area contributed by atoms with Crippen molar-refractivity contribution in [3.05, 3.63) is 72.3 Å². The summed E-state index contributed by atoms with van der Waals surface area (Å²) in [4.78, 5) is 0. The summed E-state index contributed by atoms with van der Waals surface area (Å²) < 4.78 is 0. The number of benzene rings is 2. The highest BCUT2D eigenvalue weighted by Crippen LogP contribution is 2.11. The van der Waals surface area contributed by atoms with E-state index in [4.69, 9.17) is 0 Å². The molecule has 0 heterocycles. The van der Waals surface area contributed by atoms with E-state index in [9.17, 15) is 0 Å². The largest absolute Gasteiger partial charge is 0.0683 e. The van der Waals surface area contributed by atoms with Gasteiger partial charge in [0, 0.05) is 0 Å². The average molecular weight is 319 g/mol. The average Bonchev–Trinajstić information content (AvgIpc) is 2.70. The number of rotatable bonds is 1. The van der Waals surface area contributed by atoms with Crippen LogP contribution in [-0.2, 0) is 0 Å². The van der Waals surface area contributed by atoms with E-state index in [1.54, 1.807) is 0 Å². The van der Waals surface area contributed by atoms with Crippen LogP contribution in [-0.4, -0.2) is 0 Å². The van der Waals surface area contributed by atoms with Gasteiger partial charge in [-0.15, -0.1) is 0 Å². The van der Waals surface area contributed by atoms with E-state index in [0.717, 1.165) is 0 Å². The topological polar surface area (TPSA) is 0 Å². The predicted molar refractivity (Wildman–Crippen MR) is 112 cm³/mol. The summed E-state index contributed by atoms with van der Waals surface area (Å²) in [6, 6.07) is 22.5. The van der Waals surface area contributed by atoms with Crippen molar-refractivity contribution in [3.8, 4) is 0 Å². The fourth-order valence-corrected chi connectivity index (χ4v) is 1.22. The minimum absolute atomic E-state index is 0.659. The highest BCUT2D eigenvalue weighted by atomic mass is 14.0. The lowest BCUT2D eigenvalue weighted by Gasteiger charge is -2.01. The van der Waals surface area contributed by atoms with Crippen LogP contribution in [0.4, 0.5) is 0 Å². The minimum atomic E-state index is 0.659. The van der Waals surface area contributed by atoms with E-state index >= 15 is 0 Å². The van der Waals surface area contributed by atoms with E-state index in [1.807, 2.05) is 97.9 Å². The molecule has 0 amide bonds. The van der Waals surface area contributed by atoms with E-state index in [1.165, 1.54) is 5.56 Å². The molecule has 0 saturated carbocycles. The Morgan fingerprint density at radius 1 is 0.435 bits per heavy atom. The van der Waals surface area contributed by atoms with Gasteiger partial charge in [0.15, 0.2) is 0 Å². The first-order valence-electron chi connectivity index (χ1n) is 9.35. The molecule has 0 aliphatic rings. The SMILES string of the molecule is CC.CC.CC.CC.CC(C)c1ccccc1.c1ccccc1. The van der Waals surface area contributed by atoms with Crippen molar-refractivity contribution in [1.82, 2.24) is 0 Å². The molecular weight excluding hydrogens is 276 g/mol. The summed E-state index contributed by atoms with van der Waals surface area (Å²) in [7, 11) is 0. The van der Waals surface area contributed by atoms with Crippen LogP contribution < -0.4 is 0 Å². The van der Waals surface area contributed by atoms with E-state index in [-0.39, 0.29) is 0 Å². The normalized spacial score (nSPS) is 7.09. The van der Waals surface area contributed by atoms with Crippen LogP contribution in [0.3, 0.4) is 0 Å². The Hall–Kier alpha value is -1.56. The van der Waals surface area contributed by atoms with E-state index in [2.05, 4.69) is 38.1 Å². The molecule has 0 aliphatic carbocycles. The molecule has 0 atom stereocenters. The molecule has 0 N–H and O–H groups in total. The molecular formula is C23H42. The molecule has 0 bridgehead atoms. The summed E-state index contributed by atoms with van der Waals surface area (Å²) in [5.41, 5.74) is 1.41. The van der Waals surface area contributed by atoms with Crippen LogP contribution in [0.25, 0.3) is 0 Å². The number of hydrogen-bond donors (Lipinski definition) is 0. The summed E-state index contributed by atoms with van der Waals surface area (Å²) in [6.45, 7) is 20.4. The zero-order valence-corrected chi connectivity index (χ0v) is 17.4. The second-order valence-electron chi connectivity index (χ2n) is 3.72. The van der Waals surface area contributed by atoms with Gasteiger partial charge in [0.1, 0.15) is 0 Å². The van der Waals surface area contributed by atoms with E-state index in [0.29, 0.717) is 5.92 Å². The van der Waals surface area contributed by atoms with Crippen molar-refractivity contribution < 1.29 is 0 Å². The highest BCUT2D eigenvalue weighted by Gasteiger charge is 1.93. The Labute approximate surface area is 148 Å². The molecule has 23 heavy (non-hydrogen) atoms. The van der Waals surface area contributed by atoms with Crippen LogP contribution in [0.5, 0.6) is 0 Å². The molecule has 0 aliphatic heterocycles. The Bertz CT molecular complexity index is 308. The first kappa shape index (κ1) is 29.5. The van der Waals surface area contributed by atoms with Crippen molar-refractivity contribution >= 4 is 0 Å². The van der Waals surface area contributed by atoms with Gasteiger partial charge in [-0.05, 0) is 11.5 Å². The second kappa shape index (κ2) is 32.4. The molecule has 0 nitrogen and oxygen atoms in total. The third-order valence-electron chi connectivity index (χ3n) is 2.13. The molecule has 0 aromatic heterocycles. The summed E-state index contributed by atoms with van der Waals surface area (Å²) in [5, 5.41) is 0. The van der Waals surface area contributed by atoms with Crippen molar-refractivity contribution in [2.24, 2.45) is 0 Å². The van der Waals surface area contributed by atoms with E-state index < -0.39 is 0 Å². The predicted octanol–water partition coefficient (Wildman–Crippen LogP) is 8.60. The van der Waals surface area contributed by atoms with Gasteiger partial charge in [0.25, 0.3) is 0 Å². The molecule has 2 rings (SSSR count). The van der Waals surface area contributed by atoms with Crippen LogP contribution in [0.15, 0.2) is 66.7 Å². The third kappa shape index (κ3) is 25.7. The Kier molecular flexibility index (Phi) is 41.5. The lowest BCUT2D eigenvalue weighted by Crippen LogP contribution is -1.83. The zero-order chi connectivity index (χ0) is 18.9. The monoisotopic (exact) mass is 318 g/mol. The van der Waals surface area contributed by atoms with Crippen molar-refractivity contribution in [2.75, 3.05) is 0 Å². The molecule has 0 radical (unpaired) electrons. The Morgan fingerprint density at radius 3 is 0.826 bits per heavy atom. The van der Waals surface area contributed by atoms with Crippen molar-refractivity contribution in [1.29, 1.82) is 0 Å². The quantitative estimate of drug-likeness (QED) is 0.493. The van der Waals surface area contributed by atoms with Gasteiger partial charge in [0.05, 0.1) is 0 Å². The van der Waals surface area contributed by atoms with Gasteiger partial charge in [-0.25, -0.2) is 0 Å². The van der Waals surface area contributed by atoms with Gasteiger partial charge in [-0.3, -0.25) is 0 Å². The fourth-order valence-electron chi connectivity index (χ4n) is 1.22. The molecule has 0 heteroatoms. The first-order valence-corrected chi connectivity index (χ1v) is 9.35. The standard InChI is InChI=1S/C9H12.C6H6.4C2H6/c1-8(2)9-6-4-3-5-7-9;1-2-4-6-5-3-1;4*1-2/h3-8H,1-2H3;1-6H;4*1-2H3. The van der Waals surface area contributed by atoms with Crippen LogP contribution >= 0.6 is 0 Å². The fraction of sp³-hybridized carbons (Fsp3) is 0.478. The lowest BCUT2D eigenvalue weighted by atomic mass is 10.0. The maximum Gasteiger partial charge on any atom is -0.0219 e. The zero-order valence-electron chi connectivity index (χ0n) is 17.4. The van der Waals surface area contributed by atoms with Crippen molar-refractivity contribution in [3.63, 3.8) is 0 Å². The first-order chi connectivity index (χ1) is 11.3. The summed E-state index contributed by atoms with van der Waals surface area (Å²) in [5.74, 6) is 0.659. The summed E-state index contributed by atoms with van der Waals surface area (Å²) in [6.07, 6.45) is 0. The molecule has 0 spiro atoms. The number of hydrogen-bond acceptors (Lipinski definition) is 0. The molecule has 2 aromatic rings. The van der Waals surface area contributed by atoms with Gasteiger partial charge < -0.3 is 0 Å². The Morgan fingerprint density at radius 2 is 0.652 bits per heavy atom. The molecule has 134 valence electrons. The lowest BCUT2D eigenvalue weighted by molar-refractivity contribution is 0.867. The Balaban J connectivity index is -0.000000113. The van der Waals surface area contributed by atoms with Gasteiger partial charge in [0.2, 0.25) is 0 Å². The summed E-state index contributed by atoms with van der Waals surface area (Å²) >= 11 is 0. The van der Waals surface area contributed by atoms with Crippen molar-refractivity contribution in [2.45, 2.75) is 75.2 Å². The van der Waals surface area contributed by atoms with Gasteiger partial charge >= 0.3 is 0 Å². The van der Waals surface area contributed by atoms with Crippen LogP contribution in [0.1, 0.15) is 80.7 Å². The van der Waals surface area contributed by atoms with Crippen LogP contribution in [0, 0.1) is 0 Å².